The van der Waals surface area contributed by atoms with Gasteiger partial charge in [0.15, 0.2) is 0 Å². The standard InChI is InChI=1S/C26H36N4O4/c1-3-18(2)23(26(33)27-17-20-12-8-5-9-13-20)30-24(31)21(16-19-10-6-4-7-11-19)29-25(32)22-14-15-28-34-22/h5,8-9,12-15,18-19,21,23H,3-4,6-7,10-11,16-17H2,1-2H3,(H,27,33)(H,29,32)(H,30,31)/t18-,21-,23-/m0/s1. The number of nitrogens with one attached hydrogen (secondary N) is 3. The highest BCUT2D eigenvalue weighted by Gasteiger charge is 2.32. The summed E-state index contributed by atoms with van der Waals surface area (Å²) in [5, 5.41) is 12.3. The van der Waals surface area contributed by atoms with Crippen LogP contribution in [-0.4, -0.2) is 35.0 Å². The summed E-state index contributed by atoms with van der Waals surface area (Å²) in [6, 6.07) is 9.65. The Balaban J connectivity index is 1.69. The molecule has 1 aliphatic carbocycles. The van der Waals surface area contributed by atoms with Gasteiger partial charge in [0.25, 0.3) is 5.91 Å². The molecular formula is C26H36N4O4. The normalized spacial score (nSPS) is 16.8. The van der Waals surface area contributed by atoms with Gasteiger partial charge in [-0.3, -0.25) is 14.4 Å². The third-order valence-electron chi connectivity index (χ3n) is 6.68. The number of carbonyl (C=O) groups excluding carboxylic acids is 3. The minimum Gasteiger partial charge on any atom is -0.351 e. The van der Waals surface area contributed by atoms with Gasteiger partial charge in [-0.2, -0.15) is 0 Å². The van der Waals surface area contributed by atoms with Gasteiger partial charge in [0.05, 0.1) is 6.20 Å². The second kappa shape index (κ2) is 12.9. The highest BCUT2D eigenvalue weighted by Crippen LogP contribution is 2.27. The maximum Gasteiger partial charge on any atom is 0.290 e. The van der Waals surface area contributed by atoms with Gasteiger partial charge < -0.3 is 20.5 Å². The molecule has 184 valence electrons. The van der Waals surface area contributed by atoms with Crippen LogP contribution in [0.5, 0.6) is 0 Å². The first kappa shape index (κ1) is 25.5. The van der Waals surface area contributed by atoms with Crippen molar-refractivity contribution in [2.45, 2.75) is 77.4 Å². The number of amides is 3. The molecule has 0 radical (unpaired) electrons. The van der Waals surface area contributed by atoms with Gasteiger partial charge in [-0.15, -0.1) is 0 Å². The quantitative estimate of drug-likeness (QED) is 0.466. The average Bonchev–Trinajstić information content (AvgIpc) is 3.41. The van der Waals surface area contributed by atoms with Gasteiger partial charge in [-0.05, 0) is 23.8 Å². The van der Waals surface area contributed by atoms with E-state index in [0.717, 1.165) is 37.7 Å². The van der Waals surface area contributed by atoms with E-state index in [0.29, 0.717) is 18.9 Å². The zero-order valence-corrected chi connectivity index (χ0v) is 20.1. The Morgan fingerprint density at radius 2 is 1.76 bits per heavy atom. The first-order valence-electron chi connectivity index (χ1n) is 12.3. The topological polar surface area (TPSA) is 113 Å². The number of hydrogen-bond donors (Lipinski definition) is 3. The second-order valence-corrected chi connectivity index (χ2v) is 9.22. The van der Waals surface area contributed by atoms with E-state index in [2.05, 4.69) is 21.1 Å². The fourth-order valence-electron chi connectivity index (χ4n) is 4.40. The van der Waals surface area contributed by atoms with Crippen LogP contribution in [0.25, 0.3) is 0 Å². The third-order valence-corrected chi connectivity index (χ3v) is 6.68. The summed E-state index contributed by atoms with van der Waals surface area (Å²) >= 11 is 0. The summed E-state index contributed by atoms with van der Waals surface area (Å²) in [6.07, 6.45) is 8.18. The molecule has 0 saturated heterocycles. The highest BCUT2D eigenvalue weighted by atomic mass is 16.5. The van der Waals surface area contributed by atoms with Crippen LogP contribution in [-0.2, 0) is 16.1 Å². The molecule has 0 aliphatic heterocycles. The second-order valence-electron chi connectivity index (χ2n) is 9.22. The van der Waals surface area contributed by atoms with E-state index in [1.807, 2.05) is 44.2 Å². The zero-order chi connectivity index (χ0) is 24.3. The van der Waals surface area contributed by atoms with Crippen molar-refractivity contribution in [2.75, 3.05) is 0 Å². The molecule has 0 bridgehead atoms. The maximum absolute atomic E-state index is 13.4. The van der Waals surface area contributed by atoms with Crippen LogP contribution in [0.3, 0.4) is 0 Å². The molecule has 0 unspecified atom stereocenters. The van der Waals surface area contributed by atoms with Gasteiger partial charge in [0, 0.05) is 12.6 Å². The van der Waals surface area contributed by atoms with E-state index in [1.54, 1.807) is 0 Å². The van der Waals surface area contributed by atoms with E-state index < -0.39 is 18.0 Å². The van der Waals surface area contributed by atoms with Crippen molar-refractivity contribution in [3.63, 3.8) is 0 Å². The Morgan fingerprint density at radius 3 is 2.41 bits per heavy atom. The molecule has 1 aromatic carbocycles. The van der Waals surface area contributed by atoms with Crippen LogP contribution in [0.15, 0.2) is 47.1 Å². The Labute approximate surface area is 201 Å². The van der Waals surface area contributed by atoms with Crippen molar-refractivity contribution in [1.82, 2.24) is 21.1 Å². The molecule has 8 nitrogen and oxygen atoms in total. The molecule has 1 saturated carbocycles. The monoisotopic (exact) mass is 468 g/mol. The molecule has 0 spiro atoms. The molecule has 3 amide bonds. The largest absolute Gasteiger partial charge is 0.351 e. The molecule has 34 heavy (non-hydrogen) atoms. The number of rotatable bonds is 11. The Bertz CT molecular complexity index is 910. The van der Waals surface area contributed by atoms with Crippen molar-refractivity contribution >= 4 is 17.7 Å². The van der Waals surface area contributed by atoms with Gasteiger partial charge in [-0.1, -0.05) is 87.9 Å². The fraction of sp³-hybridized carbons (Fsp3) is 0.538. The van der Waals surface area contributed by atoms with Gasteiger partial charge in [0.2, 0.25) is 17.6 Å². The lowest BCUT2D eigenvalue weighted by molar-refractivity contribution is -0.131. The van der Waals surface area contributed by atoms with Crippen LogP contribution in [0, 0.1) is 11.8 Å². The van der Waals surface area contributed by atoms with Crippen molar-refractivity contribution in [2.24, 2.45) is 11.8 Å². The van der Waals surface area contributed by atoms with Gasteiger partial charge in [0.1, 0.15) is 12.1 Å². The lowest BCUT2D eigenvalue weighted by atomic mass is 9.84. The maximum atomic E-state index is 13.4. The van der Waals surface area contributed by atoms with Crippen LogP contribution in [0.4, 0.5) is 0 Å². The number of nitrogens with zero attached hydrogens (tertiary/aromatic N) is 1. The molecule has 3 N–H and O–H groups in total. The summed E-state index contributed by atoms with van der Waals surface area (Å²) < 4.78 is 4.96. The molecule has 1 fully saturated rings. The van der Waals surface area contributed by atoms with E-state index in [9.17, 15) is 14.4 Å². The number of benzene rings is 1. The fourth-order valence-corrected chi connectivity index (χ4v) is 4.40. The van der Waals surface area contributed by atoms with E-state index >= 15 is 0 Å². The predicted molar refractivity (Wildman–Crippen MR) is 129 cm³/mol. The van der Waals surface area contributed by atoms with Crippen molar-refractivity contribution in [3.8, 4) is 0 Å². The van der Waals surface area contributed by atoms with E-state index in [-0.39, 0.29) is 23.5 Å². The van der Waals surface area contributed by atoms with Gasteiger partial charge >= 0.3 is 0 Å². The highest BCUT2D eigenvalue weighted by molar-refractivity contribution is 5.96. The number of aromatic nitrogens is 1. The smallest absolute Gasteiger partial charge is 0.290 e. The van der Waals surface area contributed by atoms with Crippen LogP contribution in [0.1, 0.15) is 74.9 Å². The molecule has 8 heteroatoms. The molecule has 3 atom stereocenters. The molecule has 3 rings (SSSR count). The molecule has 1 aromatic heterocycles. The van der Waals surface area contributed by atoms with Crippen molar-refractivity contribution in [1.29, 1.82) is 0 Å². The summed E-state index contributed by atoms with van der Waals surface area (Å²) in [6.45, 7) is 4.31. The lowest BCUT2D eigenvalue weighted by Gasteiger charge is -2.29. The molecule has 1 aliphatic rings. The van der Waals surface area contributed by atoms with Crippen LogP contribution >= 0.6 is 0 Å². The minimum atomic E-state index is -0.755. The number of hydrogen-bond acceptors (Lipinski definition) is 5. The number of carbonyl (C=O) groups is 3. The Hall–Kier alpha value is -3.16. The van der Waals surface area contributed by atoms with Crippen molar-refractivity contribution in [3.05, 3.63) is 53.9 Å². The van der Waals surface area contributed by atoms with Crippen LogP contribution in [0.2, 0.25) is 0 Å². The summed E-state index contributed by atoms with van der Waals surface area (Å²) in [5.41, 5.74) is 0.986. The summed E-state index contributed by atoms with van der Waals surface area (Å²) in [4.78, 5) is 39.0. The van der Waals surface area contributed by atoms with Gasteiger partial charge in [-0.25, -0.2) is 0 Å². The molecule has 1 heterocycles. The predicted octanol–water partition coefficient (Wildman–Crippen LogP) is 3.59. The molecular weight excluding hydrogens is 432 g/mol. The summed E-state index contributed by atoms with van der Waals surface area (Å²) in [5.74, 6) is -0.723. The van der Waals surface area contributed by atoms with E-state index in [4.69, 9.17) is 4.52 Å². The minimum absolute atomic E-state index is 0.0560. The first-order valence-corrected chi connectivity index (χ1v) is 12.3. The zero-order valence-electron chi connectivity index (χ0n) is 20.1. The Morgan fingerprint density at radius 1 is 1.03 bits per heavy atom. The Kier molecular flexibility index (Phi) is 9.67. The van der Waals surface area contributed by atoms with Crippen molar-refractivity contribution < 1.29 is 18.9 Å². The average molecular weight is 469 g/mol. The third kappa shape index (κ3) is 7.43. The summed E-state index contributed by atoms with van der Waals surface area (Å²) in [7, 11) is 0. The molecule has 2 aromatic rings. The van der Waals surface area contributed by atoms with Crippen LogP contribution < -0.4 is 16.0 Å². The lowest BCUT2D eigenvalue weighted by Crippen LogP contribution is -2.56. The first-order chi connectivity index (χ1) is 16.5. The van der Waals surface area contributed by atoms with E-state index in [1.165, 1.54) is 18.7 Å². The SMILES string of the molecule is CC[C@H](C)[C@H](NC(=O)[C@H](CC1CCCCC1)NC(=O)c1ccno1)C(=O)NCc1ccccc1.